The lowest BCUT2D eigenvalue weighted by Crippen LogP contribution is -2.38. The Morgan fingerprint density at radius 3 is 2.85 bits per heavy atom. The second-order valence-electron chi connectivity index (χ2n) is 4.73. The third kappa shape index (κ3) is 2.07. The lowest BCUT2D eigenvalue weighted by atomic mass is 10.1. The Bertz CT molecular complexity index is 674. The van der Waals surface area contributed by atoms with E-state index in [1.807, 2.05) is 4.68 Å². The molecule has 0 fully saturated rings. The summed E-state index contributed by atoms with van der Waals surface area (Å²) >= 11 is 3.57. The molecule has 5 nitrogen and oxygen atoms in total. The molecule has 102 valence electrons. The van der Waals surface area contributed by atoms with Crippen LogP contribution in [-0.2, 0) is 13.1 Å². The summed E-state index contributed by atoms with van der Waals surface area (Å²) in [5.41, 5.74) is 0. The largest absolute Gasteiger partial charge is 0.282 e. The van der Waals surface area contributed by atoms with Gasteiger partial charge < -0.3 is 0 Å². The van der Waals surface area contributed by atoms with Gasteiger partial charge >= 0.3 is 0 Å². The Kier molecular flexibility index (Phi) is 3.10. The van der Waals surface area contributed by atoms with Gasteiger partial charge in [0.2, 0.25) is 0 Å². The first-order valence-corrected chi connectivity index (χ1v) is 8.23. The lowest BCUT2D eigenvalue weighted by molar-refractivity contribution is 0.168. The summed E-state index contributed by atoms with van der Waals surface area (Å²) in [5.74, 6) is 0.954. The third-order valence-electron chi connectivity index (χ3n) is 3.52. The van der Waals surface area contributed by atoms with E-state index in [0.717, 1.165) is 25.5 Å². The molecule has 4 heterocycles. The van der Waals surface area contributed by atoms with Crippen LogP contribution in [0.1, 0.15) is 21.6 Å². The van der Waals surface area contributed by atoms with E-state index >= 15 is 0 Å². The highest BCUT2D eigenvalue weighted by Gasteiger charge is 2.32. The second kappa shape index (κ2) is 5.08. The van der Waals surface area contributed by atoms with E-state index in [9.17, 15) is 0 Å². The fraction of sp³-hybridized carbons (Fsp3) is 0.308. The number of hydrogen-bond donors (Lipinski definition) is 0. The molecule has 3 aromatic rings. The number of thiophene rings is 2. The molecule has 0 amide bonds. The Labute approximate surface area is 124 Å². The summed E-state index contributed by atoms with van der Waals surface area (Å²) in [4.78, 5) is 5.15. The first-order valence-electron chi connectivity index (χ1n) is 6.48. The van der Waals surface area contributed by atoms with Gasteiger partial charge in [-0.15, -0.1) is 27.8 Å². The van der Waals surface area contributed by atoms with Crippen molar-refractivity contribution in [3.63, 3.8) is 0 Å². The van der Waals surface area contributed by atoms with Crippen LogP contribution in [0.4, 0.5) is 0 Å². The zero-order valence-electron chi connectivity index (χ0n) is 10.7. The third-order valence-corrected chi connectivity index (χ3v) is 5.31. The van der Waals surface area contributed by atoms with Gasteiger partial charge in [0.05, 0.1) is 6.54 Å². The van der Waals surface area contributed by atoms with Gasteiger partial charge in [-0.05, 0) is 33.3 Å². The summed E-state index contributed by atoms with van der Waals surface area (Å²) in [6.45, 7) is 2.78. The van der Waals surface area contributed by atoms with E-state index in [4.69, 9.17) is 0 Å². The zero-order chi connectivity index (χ0) is 13.4. The summed E-state index contributed by atoms with van der Waals surface area (Å²) in [6, 6.07) is 8.72. The molecule has 20 heavy (non-hydrogen) atoms. The molecule has 0 aromatic carbocycles. The molecule has 1 aliphatic heterocycles. The molecule has 4 rings (SSSR count). The van der Waals surface area contributed by atoms with E-state index in [2.05, 4.69) is 55.5 Å². The number of fused-ring (bicyclic) bond motifs is 1. The molecule has 0 saturated heterocycles. The molecule has 0 spiro atoms. The van der Waals surface area contributed by atoms with Gasteiger partial charge in [0.15, 0.2) is 5.82 Å². The maximum Gasteiger partial charge on any atom is 0.173 e. The van der Waals surface area contributed by atoms with Crippen molar-refractivity contribution in [3.05, 3.63) is 50.6 Å². The molecule has 7 heteroatoms. The molecular weight excluding hydrogens is 290 g/mol. The quantitative estimate of drug-likeness (QED) is 0.745. The van der Waals surface area contributed by atoms with Gasteiger partial charge in [-0.2, -0.15) is 0 Å². The van der Waals surface area contributed by atoms with E-state index in [1.54, 1.807) is 22.7 Å². The van der Waals surface area contributed by atoms with Crippen LogP contribution in [-0.4, -0.2) is 31.7 Å². The maximum atomic E-state index is 4.24. The van der Waals surface area contributed by atoms with Crippen LogP contribution >= 0.6 is 22.7 Å². The standard InChI is InChI=1S/C13H13N5S2/c1-3-10(19-7-1)9-17-5-6-18-13(14-15-16-18)12(17)11-4-2-8-20-11/h1-4,7-8,12H,5-6,9H2/t12-/m0/s1. The molecule has 0 aliphatic carbocycles. The van der Waals surface area contributed by atoms with Crippen LogP contribution < -0.4 is 0 Å². The SMILES string of the molecule is c1csc(CN2CCn3nnnc3[C@@H]2c2cccs2)c1. The van der Waals surface area contributed by atoms with Gasteiger partial charge in [0, 0.05) is 22.8 Å². The van der Waals surface area contributed by atoms with Crippen molar-refractivity contribution in [2.24, 2.45) is 0 Å². The average Bonchev–Trinajstić information content (AvgIpc) is 3.21. The number of rotatable bonds is 3. The van der Waals surface area contributed by atoms with Crippen molar-refractivity contribution in [1.82, 2.24) is 25.1 Å². The number of hydrogen-bond acceptors (Lipinski definition) is 6. The highest BCUT2D eigenvalue weighted by Crippen LogP contribution is 2.34. The molecule has 0 saturated carbocycles. The molecule has 0 N–H and O–H groups in total. The highest BCUT2D eigenvalue weighted by atomic mass is 32.1. The summed E-state index contributed by atoms with van der Waals surface area (Å²) in [6.07, 6.45) is 0. The Hall–Kier alpha value is -1.57. The van der Waals surface area contributed by atoms with Crippen LogP contribution in [0.3, 0.4) is 0 Å². The normalized spacial score (nSPS) is 19.1. The topological polar surface area (TPSA) is 46.8 Å². The minimum absolute atomic E-state index is 0.167. The van der Waals surface area contributed by atoms with Crippen LogP contribution in [0.15, 0.2) is 35.0 Å². The predicted octanol–water partition coefficient (Wildman–Crippen LogP) is 2.40. The van der Waals surface area contributed by atoms with Crippen molar-refractivity contribution in [2.75, 3.05) is 6.54 Å². The lowest BCUT2D eigenvalue weighted by Gasteiger charge is -2.33. The molecule has 1 aliphatic rings. The van der Waals surface area contributed by atoms with Gasteiger partial charge in [0.1, 0.15) is 6.04 Å². The van der Waals surface area contributed by atoms with E-state index in [0.29, 0.717) is 0 Å². The van der Waals surface area contributed by atoms with Crippen molar-refractivity contribution < 1.29 is 0 Å². The molecule has 1 atom stereocenters. The number of aromatic nitrogens is 4. The van der Waals surface area contributed by atoms with Crippen LogP contribution in [0.2, 0.25) is 0 Å². The van der Waals surface area contributed by atoms with Crippen molar-refractivity contribution in [3.8, 4) is 0 Å². The Morgan fingerprint density at radius 2 is 2.05 bits per heavy atom. The fourth-order valence-corrected chi connectivity index (χ4v) is 4.19. The average molecular weight is 303 g/mol. The molecule has 0 radical (unpaired) electrons. The highest BCUT2D eigenvalue weighted by molar-refractivity contribution is 7.10. The van der Waals surface area contributed by atoms with Crippen LogP contribution in [0, 0.1) is 0 Å². The fourth-order valence-electron chi connectivity index (χ4n) is 2.61. The van der Waals surface area contributed by atoms with Gasteiger partial charge in [-0.1, -0.05) is 12.1 Å². The van der Waals surface area contributed by atoms with E-state index in [1.165, 1.54) is 9.75 Å². The van der Waals surface area contributed by atoms with Crippen LogP contribution in [0.5, 0.6) is 0 Å². The first-order chi connectivity index (χ1) is 9.92. The molecule has 3 aromatic heterocycles. The second-order valence-corrected chi connectivity index (χ2v) is 6.74. The first kappa shape index (κ1) is 12.2. The molecule has 0 bridgehead atoms. The minimum Gasteiger partial charge on any atom is -0.282 e. The number of tetrazole rings is 1. The summed E-state index contributed by atoms with van der Waals surface area (Å²) < 4.78 is 1.93. The summed E-state index contributed by atoms with van der Waals surface area (Å²) in [5, 5.41) is 16.4. The molecule has 0 unspecified atom stereocenters. The van der Waals surface area contributed by atoms with E-state index in [-0.39, 0.29) is 6.04 Å². The van der Waals surface area contributed by atoms with Crippen molar-refractivity contribution in [1.29, 1.82) is 0 Å². The van der Waals surface area contributed by atoms with Gasteiger partial charge in [-0.25, -0.2) is 4.68 Å². The smallest absolute Gasteiger partial charge is 0.173 e. The predicted molar refractivity (Wildman–Crippen MR) is 78.7 cm³/mol. The van der Waals surface area contributed by atoms with E-state index < -0.39 is 0 Å². The van der Waals surface area contributed by atoms with Crippen molar-refractivity contribution >= 4 is 22.7 Å². The summed E-state index contributed by atoms with van der Waals surface area (Å²) in [7, 11) is 0. The minimum atomic E-state index is 0.167. The van der Waals surface area contributed by atoms with Crippen LogP contribution in [0.25, 0.3) is 0 Å². The monoisotopic (exact) mass is 303 g/mol. The number of nitrogens with zero attached hydrogens (tertiary/aromatic N) is 5. The zero-order valence-corrected chi connectivity index (χ0v) is 12.3. The Morgan fingerprint density at radius 1 is 1.15 bits per heavy atom. The van der Waals surface area contributed by atoms with Crippen molar-refractivity contribution in [2.45, 2.75) is 19.1 Å². The maximum absolute atomic E-state index is 4.24. The Balaban J connectivity index is 1.71. The van der Waals surface area contributed by atoms with Gasteiger partial charge in [-0.3, -0.25) is 4.90 Å². The van der Waals surface area contributed by atoms with Gasteiger partial charge in [0.25, 0.3) is 0 Å². The molecular formula is C13H13N5S2.